The number of amides is 1. The number of rotatable bonds is 54. The molecule has 0 aliphatic carbocycles. The van der Waals surface area contributed by atoms with Gasteiger partial charge in [0.2, 0.25) is 5.91 Å². The molecule has 3 aromatic carbocycles. The molecule has 13 heteroatoms. The molecule has 3 rings (SSSR count). The Morgan fingerprint density at radius 2 is 0.915 bits per heavy atom. The number of hydrogen-bond donors (Lipinski definition) is 2. The van der Waals surface area contributed by atoms with Gasteiger partial charge in [0, 0.05) is 19.4 Å². The summed E-state index contributed by atoms with van der Waals surface area (Å²) in [6.07, 6.45) is 38.3. The average molecular weight is 1160 g/mol. The van der Waals surface area contributed by atoms with Gasteiger partial charge in [-0.25, -0.2) is 0 Å². The molecule has 0 bridgehead atoms. The summed E-state index contributed by atoms with van der Waals surface area (Å²) in [5.41, 5.74) is 5.64. The summed E-state index contributed by atoms with van der Waals surface area (Å²) in [4.78, 5) is 51.4. The lowest BCUT2D eigenvalue weighted by Crippen LogP contribution is -2.36. The number of esters is 2. The lowest BCUT2D eigenvalue weighted by atomic mass is 9.87. The Hall–Kier alpha value is -4.32. The van der Waals surface area contributed by atoms with E-state index in [0.717, 1.165) is 85.8 Å². The number of nitrogens with one attached hydrogen (secondary N) is 2. The molecule has 0 aromatic heterocycles. The van der Waals surface area contributed by atoms with Gasteiger partial charge in [-0.1, -0.05) is 273 Å². The third kappa shape index (κ3) is 37.1. The van der Waals surface area contributed by atoms with Crippen LogP contribution in [0.5, 0.6) is 5.75 Å². The standard InChI is InChI=1S/C69H111N2O10P/c1-4-7-9-11-13-15-17-19-21-23-25-27-29-31-39-47-67(73)78-58-64(81-68(74)48-40-32-30-28-26-24-22-20-18-16-14-12-10-8-5-2)59-80-82(75,76)79-56-54-71-66(72)57-70-53-41-46-65(60-42-35-33-36-43-60)69(61-44-37-34-38-45-61)62-49-51-63(52-50-62)77-55-6-3/h33-38,42-45,49-52,64,70H,4-32,39-41,46-48,53-59H2,1-3H3,(H,71,72)(H,75,76)/p-1/b69-65-. The molecule has 0 fully saturated rings. The first-order chi connectivity index (χ1) is 40.2. The Labute approximate surface area is 497 Å². The molecule has 2 N–H and O–H groups in total. The third-order valence-electron chi connectivity index (χ3n) is 15.0. The third-order valence-corrected chi connectivity index (χ3v) is 15.9. The number of carbonyl (C=O) groups excluding carboxylic acids is 3. The summed E-state index contributed by atoms with van der Waals surface area (Å²) >= 11 is 0. The number of benzene rings is 3. The number of hydrogen-bond acceptors (Lipinski definition) is 11. The molecule has 462 valence electrons. The largest absolute Gasteiger partial charge is 0.756 e. The van der Waals surface area contributed by atoms with Crippen LogP contribution in [0, 0.1) is 0 Å². The fraction of sp³-hybridized carbons (Fsp3) is 0.667. The number of unbranched alkanes of at least 4 members (excludes halogenated alkanes) is 28. The van der Waals surface area contributed by atoms with Crippen molar-refractivity contribution in [1.82, 2.24) is 10.6 Å². The van der Waals surface area contributed by atoms with Crippen LogP contribution in [-0.4, -0.2) is 70.0 Å². The van der Waals surface area contributed by atoms with Gasteiger partial charge in [0.05, 0.1) is 26.4 Å². The number of carbonyl (C=O) groups is 3. The molecule has 0 saturated carbocycles. The Morgan fingerprint density at radius 1 is 0.463 bits per heavy atom. The van der Waals surface area contributed by atoms with E-state index in [-0.39, 0.29) is 45.1 Å². The van der Waals surface area contributed by atoms with Crippen molar-refractivity contribution in [2.75, 3.05) is 46.1 Å². The molecule has 2 atom stereocenters. The molecular formula is C69H110N2O10P-. The second-order valence-corrected chi connectivity index (χ2v) is 23.8. The van der Waals surface area contributed by atoms with Crippen molar-refractivity contribution in [3.63, 3.8) is 0 Å². The zero-order valence-electron chi connectivity index (χ0n) is 51.4. The monoisotopic (exact) mass is 1160 g/mol. The van der Waals surface area contributed by atoms with Crippen molar-refractivity contribution >= 4 is 36.8 Å². The SMILES string of the molecule is CCCCCCCCCCCCCCCCCC(=O)OCC(COP(=O)([O-])OCCNC(=O)CNCCC/C(=C(\c1ccccc1)c1ccc(OCCC)cc1)c1ccccc1)OC(=O)CCCCCCCCCCCCCCCCC. The number of phosphoric acid groups is 1. The van der Waals surface area contributed by atoms with Gasteiger partial charge in [0.25, 0.3) is 7.82 Å². The van der Waals surface area contributed by atoms with Crippen molar-refractivity contribution in [2.24, 2.45) is 0 Å². The van der Waals surface area contributed by atoms with Crippen LogP contribution in [0.25, 0.3) is 11.1 Å². The number of ether oxygens (including phenoxy) is 3. The Balaban J connectivity index is 1.40. The fourth-order valence-electron chi connectivity index (χ4n) is 10.2. The maximum absolute atomic E-state index is 13.0. The molecule has 82 heavy (non-hydrogen) atoms. The van der Waals surface area contributed by atoms with Crippen LogP contribution in [-0.2, 0) is 37.5 Å². The van der Waals surface area contributed by atoms with E-state index in [2.05, 4.69) is 67.8 Å². The molecule has 12 nitrogen and oxygen atoms in total. The first-order valence-electron chi connectivity index (χ1n) is 32.7. The summed E-state index contributed by atoms with van der Waals surface area (Å²) in [6, 6.07) is 29.0. The van der Waals surface area contributed by atoms with Gasteiger partial charge in [-0.3, -0.25) is 18.9 Å². The molecule has 0 aliphatic rings. The van der Waals surface area contributed by atoms with E-state index in [1.54, 1.807) is 0 Å². The zero-order chi connectivity index (χ0) is 58.8. The maximum atomic E-state index is 13.0. The highest BCUT2D eigenvalue weighted by molar-refractivity contribution is 7.45. The van der Waals surface area contributed by atoms with Crippen LogP contribution in [0.15, 0.2) is 84.9 Å². The lowest BCUT2D eigenvalue weighted by Gasteiger charge is -2.25. The molecule has 3 aromatic rings. The molecule has 2 unspecified atom stereocenters. The van der Waals surface area contributed by atoms with Crippen LogP contribution in [0.1, 0.15) is 262 Å². The minimum Gasteiger partial charge on any atom is -0.756 e. The highest BCUT2D eigenvalue weighted by Crippen LogP contribution is 2.38. The first kappa shape index (κ1) is 71.9. The smallest absolute Gasteiger partial charge is 0.306 e. The number of allylic oxidation sites excluding steroid dienone is 1. The van der Waals surface area contributed by atoms with Gasteiger partial charge in [-0.2, -0.15) is 0 Å². The summed E-state index contributed by atoms with van der Waals surface area (Å²) in [6.45, 7) is 6.53. The summed E-state index contributed by atoms with van der Waals surface area (Å²) < 4.78 is 40.1. The Kier molecular flexibility index (Phi) is 43.0. The summed E-state index contributed by atoms with van der Waals surface area (Å²) in [7, 11) is -4.88. The summed E-state index contributed by atoms with van der Waals surface area (Å²) in [5, 5.41) is 5.92. The first-order valence-corrected chi connectivity index (χ1v) is 34.1. The van der Waals surface area contributed by atoms with Crippen molar-refractivity contribution < 1.29 is 47.1 Å². The quantitative estimate of drug-likeness (QED) is 0.0239. The average Bonchev–Trinajstić information content (AvgIpc) is 3.64. The van der Waals surface area contributed by atoms with Gasteiger partial charge in [-0.15, -0.1) is 0 Å². The minimum atomic E-state index is -4.88. The van der Waals surface area contributed by atoms with Gasteiger partial charge in [0.1, 0.15) is 12.4 Å². The van der Waals surface area contributed by atoms with Crippen molar-refractivity contribution in [3.05, 3.63) is 102 Å². The maximum Gasteiger partial charge on any atom is 0.306 e. The highest BCUT2D eigenvalue weighted by atomic mass is 31.2. The van der Waals surface area contributed by atoms with Gasteiger partial charge in [0.15, 0.2) is 6.10 Å². The predicted octanol–water partition coefficient (Wildman–Crippen LogP) is 17.4. The normalized spacial score (nSPS) is 12.8. The molecule has 0 aliphatic heterocycles. The van der Waals surface area contributed by atoms with Crippen molar-refractivity contribution in [2.45, 2.75) is 252 Å². The van der Waals surface area contributed by atoms with Gasteiger partial charge in [-0.05, 0) is 78.6 Å². The molecule has 0 radical (unpaired) electrons. The van der Waals surface area contributed by atoms with Gasteiger partial charge >= 0.3 is 11.9 Å². The second kappa shape index (κ2) is 49.0. The van der Waals surface area contributed by atoms with Crippen molar-refractivity contribution in [1.29, 1.82) is 0 Å². The van der Waals surface area contributed by atoms with E-state index in [4.69, 9.17) is 23.3 Å². The van der Waals surface area contributed by atoms with Crippen LogP contribution in [0.2, 0.25) is 0 Å². The van der Waals surface area contributed by atoms with E-state index in [1.165, 1.54) is 147 Å². The molecular weight excluding hydrogens is 1050 g/mol. The highest BCUT2D eigenvalue weighted by Gasteiger charge is 2.22. The van der Waals surface area contributed by atoms with Gasteiger partial charge < -0.3 is 38.8 Å². The van der Waals surface area contributed by atoms with E-state index < -0.39 is 32.5 Å². The zero-order valence-corrected chi connectivity index (χ0v) is 52.3. The topological polar surface area (TPSA) is 162 Å². The molecule has 0 saturated heterocycles. The van der Waals surface area contributed by atoms with Crippen molar-refractivity contribution in [3.8, 4) is 5.75 Å². The van der Waals surface area contributed by atoms with E-state index >= 15 is 0 Å². The van der Waals surface area contributed by atoms with E-state index in [9.17, 15) is 23.8 Å². The lowest BCUT2D eigenvalue weighted by molar-refractivity contribution is -0.228. The predicted molar refractivity (Wildman–Crippen MR) is 336 cm³/mol. The van der Waals surface area contributed by atoms with Crippen LogP contribution in [0.4, 0.5) is 0 Å². The molecule has 0 heterocycles. The minimum absolute atomic E-state index is 0.0330. The Morgan fingerprint density at radius 3 is 1.40 bits per heavy atom. The van der Waals surface area contributed by atoms with Crippen LogP contribution < -0.4 is 20.3 Å². The van der Waals surface area contributed by atoms with E-state index in [1.807, 2.05) is 48.5 Å². The van der Waals surface area contributed by atoms with Crippen LogP contribution in [0.3, 0.4) is 0 Å². The molecule has 1 amide bonds. The number of phosphoric ester groups is 1. The Bertz CT molecular complexity index is 2120. The summed E-state index contributed by atoms with van der Waals surface area (Å²) in [5.74, 6) is -0.398. The van der Waals surface area contributed by atoms with Crippen LogP contribution >= 0.6 is 7.82 Å². The second-order valence-electron chi connectivity index (χ2n) is 22.4. The van der Waals surface area contributed by atoms with E-state index in [0.29, 0.717) is 26.0 Å². The molecule has 0 spiro atoms. The fourth-order valence-corrected chi connectivity index (χ4v) is 11.0.